The minimum atomic E-state index is 0.00537. The van der Waals surface area contributed by atoms with Crippen LogP contribution in [0.25, 0.3) is 0 Å². The summed E-state index contributed by atoms with van der Waals surface area (Å²) in [5.74, 6) is 1.14. The molecule has 0 aliphatic carbocycles. The summed E-state index contributed by atoms with van der Waals surface area (Å²) in [6.07, 6.45) is 4.51. The van der Waals surface area contributed by atoms with E-state index in [2.05, 4.69) is 19.9 Å². The molecule has 0 unspecified atom stereocenters. The van der Waals surface area contributed by atoms with Gasteiger partial charge in [-0.05, 0) is 12.5 Å². The van der Waals surface area contributed by atoms with Crippen molar-refractivity contribution in [3.05, 3.63) is 35.0 Å². The van der Waals surface area contributed by atoms with Gasteiger partial charge in [-0.25, -0.2) is 15.0 Å². The van der Waals surface area contributed by atoms with E-state index >= 15 is 0 Å². The zero-order chi connectivity index (χ0) is 16.4. The molecule has 2 aromatic heterocycles. The Morgan fingerprint density at radius 2 is 2.08 bits per heavy atom. The molecule has 2 aliphatic rings. The maximum atomic E-state index is 12.5. The van der Waals surface area contributed by atoms with Crippen molar-refractivity contribution in [2.24, 2.45) is 5.92 Å². The van der Waals surface area contributed by atoms with Crippen LogP contribution in [0.2, 0.25) is 0 Å². The van der Waals surface area contributed by atoms with Crippen molar-refractivity contribution >= 4 is 23.2 Å². The predicted octanol–water partition coefficient (Wildman–Crippen LogP) is 1.30. The molecule has 8 heteroatoms. The minimum Gasteiger partial charge on any atom is -0.374 e. The van der Waals surface area contributed by atoms with Crippen LogP contribution in [0.15, 0.2) is 29.4 Å². The molecular formula is C16H19N5O2S. The summed E-state index contributed by atoms with van der Waals surface area (Å²) in [4.78, 5) is 29.4. The number of ether oxygens (including phenoxy) is 1. The molecule has 0 spiro atoms. The third kappa shape index (κ3) is 3.11. The first kappa shape index (κ1) is 15.5. The largest absolute Gasteiger partial charge is 0.374 e. The number of amides is 1. The van der Waals surface area contributed by atoms with Gasteiger partial charge >= 0.3 is 0 Å². The van der Waals surface area contributed by atoms with Crippen molar-refractivity contribution in [2.45, 2.75) is 12.5 Å². The number of carbonyl (C=O) groups excluding carboxylic acids is 1. The molecule has 0 N–H and O–H groups in total. The zero-order valence-corrected chi connectivity index (χ0v) is 14.1. The number of aromatic nitrogens is 3. The highest BCUT2D eigenvalue weighted by Gasteiger charge is 2.36. The second kappa shape index (κ2) is 6.82. The van der Waals surface area contributed by atoms with Gasteiger partial charge in [-0.2, -0.15) is 0 Å². The Kier molecular flexibility index (Phi) is 4.40. The van der Waals surface area contributed by atoms with Gasteiger partial charge in [-0.3, -0.25) is 4.79 Å². The molecule has 1 amide bonds. The number of hydrogen-bond donors (Lipinski definition) is 0. The molecule has 2 saturated heterocycles. The van der Waals surface area contributed by atoms with Crippen LogP contribution < -0.4 is 4.90 Å². The van der Waals surface area contributed by atoms with Crippen LogP contribution in [0, 0.1) is 5.92 Å². The molecule has 2 fully saturated rings. The van der Waals surface area contributed by atoms with E-state index in [1.807, 2.05) is 11.0 Å². The van der Waals surface area contributed by atoms with Crippen LogP contribution in [-0.2, 0) is 4.74 Å². The molecule has 2 atom stereocenters. The van der Waals surface area contributed by atoms with Crippen LogP contribution in [0.4, 0.5) is 5.95 Å². The molecule has 2 aliphatic heterocycles. The first-order valence-electron chi connectivity index (χ1n) is 8.12. The molecule has 24 heavy (non-hydrogen) atoms. The van der Waals surface area contributed by atoms with Crippen LogP contribution in [0.5, 0.6) is 0 Å². The van der Waals surface area contributed by atoms with Gasteiger partial charge in [0.2, 0.25) is 5.95 Å². The highest BCUT2D eigenvalue weighted by atomic mass is 32.1. The first-order valence-corrected chi connectivity index (χ1v) is 9.06. The summed E-state index contributed by atoms with van der Waals surface area (Å²) >= 11 is 1.45. The third-order valence-corrected chi connectivity index (χ3v) is 5.20. The second-order valence-corrected chi connectivity index (χ2v) is 6.80. The number of fused-ring (bicyclic) bond motifs is 1. The van der Waals surface area contributed by atoms with Gasteiger partial charge in [-0.15, -0.1) is 11.3 Å². The lowest BCUT2D eigenvalue weighted by atomic mass is 9.93. The summed E-state index contributed by atoms with van der Waals surface area (Å²) in [5.41, 5.74) is 2.23. The zero-order valence-electron chi connectivity index (χ0n) is 13.2. The van der Waals surface area contributed by atoms with E-state index in [1.165, 1.54) is 11.3 Å². The monoisotopic (exact) mass is 345 g/mol. The number of rotatable bonds is 2. The predicted molar refractivity (Wildman–Crippen MR) is 90.1 cm³/mol. The standard InChI is InChI=1S/C16H19N5O2S/c22-15(13-10-24-11-19-13)20-5-2-12-8-21(6-7-23-14(12)9-20)16-17-3-1-4-18-16/h1,3-4,10-12,14H,2,5-9H2/t12-,14-/m0/s1. The smallest absolute Gasteiger partial charge is 0.273 e. The number of anilines is 1. The molecule has 126 valence electrons. The van der Waals surface area contributed by atoms with E-state index in [0.29, 0.717) is 24.8 Å². The lowest BCUT2D eigenvalue weighted by molar-refractivity contribution is -0.0170. The fraction of sp³-hybridized carbons (Fsp3) is 0.500. The molecule has 0 aromatic carbocycles. The maximum absolute atomic E-state index is 12.5. The summed E-state index contributed by atoms with van der Waals surface area (Å²) in [6.45, 7) is 3.64. The van der Waals surface area contributed by atoms with Gasteiger partial charge < -0.3 is 14.5 Å². The van der Waals surface area contributed by atoms with E-state index in [9.17, 15) is 4.79 Å². The molecule has 0 bridgehead atoms. The maximum Gasteiger partial charge on any atom is 0.273 e. The second-order valence-electron chi connectivity index (χ2n) is 6.08. The Hall–Kier alpha value is -2.06. The lowest BCUT2D eigenvalue weighted by Gasteiger charge is -2.37. The number of likely N-dealkylation sites (tertiary alicyclic amines) is 1. The van der Waals surface area contributed by atoms with E-state index in [-0.39, 0.29) is 12.0 Å². The highest BCUT2D eigenvalue weighted by molar-refractivity contribution is 7.07. The normalized spacial score (nSPS) is 24.3. The van der Waals surface area contributed by atoms with Crippen molar-refractivity contribution in [2.75, 3.05) is 37.7 Å². The van der Waals surface area contributed by atoms with Gasteiger partial charge in [0, 0.05) is 49.9 Å². The van der Waals surface area contributed by atoms with Crippen molar-refractivity contribution in [3.8, 4) is 0 Å². The number of hydrogen-bond acceptors (Lipinski definition) is 7. The number of carbonyl (C=O) groups is 1. The van der Waals surface area contributed by atoms with Crippen molar-refractivity contribution in [3.63, 3.8) is 0 Å². The Bertz CT molecular complexity index is 681. The van der Waals surface area contributed by atoms with Crippen LogP contribution in [-0.4, -0.2) is 64.6 Å². The molecule has 7 nitrogen and oxygen atoms in total. The van der Waals surface area contributed by atoms with Crippen LogP contribution in [0.1, 0.15) is 16.9 Å². The van der Waals surface area contributed by atoms with E-state index in [4.69, 9.17) is 4.74 Å². The van der Waals surface area contributed by atoms with Gasteiger partial charge in [0.05, 0.1) is 18.2 Å². The van der Waals surface area contributed by atoms with Crippen LogP contribution in [0.3, 0.4) is 0 Å². The summed E-state index contributed by atoms with van der Waals surface area (Å²) in [6, 6.07) is 1.82. The first-order chi connectivity index (χ1) is 11.8. The fourth-order valence-corrected chi connectivity index (χ4v) is 3.88. The molecular weight excluding hydrogens is 326 g/mol. The average molecular weight is 345 g/mol. The summed E-state index contributed by atoms with van der Waals surface area (Å²) in [5, 5.41) is 1.80. The quantitative estimate of drug-likeness (QED) is 0.817. The van der Waals surface area contributed by atoms with Crippen molar-refractivity contribution in [1.29, 1.82) is 0 Å². The minimum absolute atomic E-state index is 0.00537. The third-order valence-electron chi connectivity index (χ3n) is 4.62. The van der Waals surface area contributed by atoms with Crippen molar-refractivity contribution in [1.82, 2.24) is 19.9 Å². The Morgan fingerprint density at radius 1 is 1.21 bits per heavy atom. The lowest BCUT2D eigenvalue weighted by Crippen LogP contribution is -2.49. The van der Waals surface area contributed by atoms with Gasteiger partial charge in [-0.1, -0.05) is 0 Å². The molecule has 2 aromatic rings. The summed E-state index contributed by atoms with van der Waals surface area (Å²) < 4.78 is 6.05. The van der Waals surface area contributed by atoms with Gasteiger partial charge in [0.25, 0.3) is 5.91 Å². The average Bonchev–Trinajstić information content (AvgIpc) is 3.08. The highest BCUT2D eigenvalue weighted by Crippen LogP contribution is 2.26. The fourth-order valence-electron chi connectivity index (χ4n) is 3.35. The SMILES string of the molecule is O=C(c1cscn1)N1CC[C@H]2CN(c3ncccn3)CCO[C@H]2C1. The Labute approximate surface area is 144 Å². The van der Waals surface area contributed by atoms with E-state index in [1.54, 1.807) is 23.3 Å². The Balaban J connectivity index is 1.44. The number of thiazole rings is 1. The van der Waals surface area contributed by atoms with Gasteiger partial charge in [0.15, 0.2) is 0 Å². The van der Waals surface area contributed by atoms with E-state index in [0.717, 1.165) is 32.0 Å². The topological polar surface area (TPSA) is 71.5 Å². The molecule has 0 radical (unpaired) electrons. The number of piperidine rings is 1. The van der Waals surface area contributed by atoms with Gasteiger partial charge in [0.1, 0.15) is 5.69 Å². The summed E-state index contributed by atoms with van der Waals surface area (Å²) in [7, 11) is 0. The molecule has 4 heterocycles. The van der Waals surface area contributed by atoms with E-state index < -0.39 is 0 Å². The Morgan fingerprint density at radius 3 is 2.88 bits per heavy atom. The van der Waals surface area contributed by atoms with Crippen molar-refractivity contribution < 1.29 is 9.53 Å². The molecule has 0 saturated carbocycles. The number of nitrogens with zero attached hydrogens (tertiary/aromatic N) is 5. The van der Waals surface area contributed by atoms with Crippen LogP contribution >= 0.6 is 11.3 Å². The molecule has 4 rings (SSSR count).